The summed E-state index contributed by atoms with van der Waals surface area (Å²) in [6.07, 6.45) is 2.75. The van der Waals surface area contributed by atoms with Crippen molar-refractivity contribution in [3.63, 3.8) is 0 Å². The first-order chi connectivity index (χ1) is 9.41. The quantitative estimate of drug-likeness (QED) is 0.896. The van der Waals surface area contributed by atoms with Gasteiger partial charge in [0.15, 0.2) is 11.5 Å². The van der Waals surface area contributed by atoms with Gasteiger partial charge < -0.3 is 10.0 Å². The van der Waals surface area contributed by atoms with E-state index < -0.39 is 28.8 Å². The average molecular weight is 282 g/mol. The number of rotatable bonds is 2. The fourth-order valence-corrected chi connectivity index (χ4v) is 3.01. The Morgan fingerprint density at radius 3 is 2.80 bits per heavy atom. The zero-order valence-corrected chi connectivity index (χ0v) is 11.1. The van der Waals surface area contributed by atoms with Crippen LogP contribution in [0.4, 0.5) is 8.78 Å². The summed E-state index contributed by atoms with van der Waals surface area (Å²) in [5, 5.41) is 10.6. The van der Waals surface area contributed by atoms with Crippen LogP contribution in [0.5, 0.6) is 0 Å². The van der Waals surface area contributed by atoms with Crippen molar-refractivity contribution in [2.45, 2.75) is 25.4 Å². The number of pyridine rings is 1. The molecule has 0 unspecified atom stereocenters. The Balaban J connectivity index is 1.81. The third-order valence-corrected chi connectivity index (χ3v) is 4.37. The van der Waals surface area contributed by atoms with Gasteiger partial charge in [-0.25, -0.2) is 13.8 Å². The second kappa shape index (κ2) is 4.48. The molecule has 1 aliphatic heterocycles. The fraction of sp³-hybridized carbons (Fsp3) is 0.571. The van der Waals surface area contributed by atoms with Gasteiger partial charge in [0.05, 0.1) is 18.3 Å². The molecule has 0 bridgehead atoms. The number of likely N-dealkylation sites (tertiary alicyclic amines) is 1. The van der Waals surface area contributed by atoms with Gasteiger partial charge in [-0.1, -0.05) is 6.92 Å². The summed E-state index contributed by atoms with van der Waals surface area (Å²) in [5.74, 6) is -2.21. The fourth-order valence-electron chi connectivity index (χ4n) is 3.01. The Bertz CT molecular complexity index is 562. The standard InChI is InChI=1S/C14H16F2N2O2/c1-8-6-18(7-14(8,20)9-2-3-9)13(19)12-11(16)4-10(15)5-17-12/h4-5,8-9,20H,2-3,6-7H2,1H3/t8-,14+/m0/s1. The lowest BCUT2D eigenvalue weighted by molar-refractivity contribution is -0.00371. The zero-order chi connectivity index (χ0) is 14.5. The van der Waals surface area contributed by atoms with Crippen molar-refractivity contribution in [3.05, 3.63) is 29.6 Å². The molecule has 1 aromatic heterocycles. The first-order valence-corrected chi connectivity index (χ1v) is 6.74. The number of β-amino-alcohol motifs (C(OH)–C–C–N with tert-alkyl or cyclic N) is 1. The predicted octanol–water partition coefficient (Wildman–Crippen LogP) is 1.59. The molecule has 3 rings (SSSR count). The maximum absolute atomic E-state index is 13.6. The van der Waals surface area contributed by atoms with Crippen LogP contribution in [0, 0.1) is 23.5 Å². The minimum absolute atomic E-state index is 0.0533. The number of halogens is 2. The van der Waals surface area contributed by atoms with Crippen LogP contribution < -0.4 is 0 Å². The van der Waals surface area contributed by atoms with Crippen molar-refractivity contribution >= 4 is 5.91 Å². The number of aromatic nitrogens is 1. The van der Waals surface area contributed by atoms with Crippen LogP contribution in [-0.2, 0) is 0 Å². The average Bonchev–Trinajstić information content (AvgIpc) is 3.17. The van der Waals surface area contributed by atoms with E-state index in [9.17, 15) is 18.7 Å². The van der Waals surface area contributed by atoms with Crippen LogP contribution in [0.1, 0.15) is 30.3 Å². The minimum atomic E-state index is -0.968. The molecule has 1 aliphatic carbocycles. The third-order valence-electron chi connectivity index (χ3n) is 4.37. The molecule has 6 heteroatoms. The maximum atomic E-state index is 13.6. The van der Waals surface area contributed by atoms with E-state index >= 15 is 0 Å². The largest absolute Gasteiger partial charge is 0.387 e. The van der Waals surface area contributed by atoms with E-state index in [1.54, 1.807) is 0 Å². The van der Waals surface area contributed by atoms with Crippen molar-refractivity contribution in [3.8, 4) is 0 Å². The normalized spacial score (nSPS) is 29.8. The smallest absolute Gasteiger partial charge is 0.275 e. The lowest BCUT2D eigenvalue weighted by Crippen LogP contribution is -2.40. The highest BCUT2D eigenvalue weighted by Crippen LogP contribution is 2.47. The topological polar surface area (TPSA) is 53.4 Å². The predicted molar refractivity (Wildman–Crippen MR) is 66.9 cm³/mol. The molecule has 2 aliphatic rings. The Morgan fingerprint density at radius 1 is 1.50 bits per heavy atom. The first kappa shape index (κ1) is 13.4. The van der Waals surface area contributed by atoms with Gasteiger partial charge >= 0.3 is 0 Å². The van der Waals surface area contributed by atoms with E-state index in [0.29, 0.717) is 12.6 Å². The zero-order valence-electron chi connectivity index (χ0n) is 11.1. The van der Waals surface area contributed by atoms with Gasteiger partial charge in [-0.3, -0.25) is 4.79 Å². The van der Waals surface area contributed by atoms with E-state index in [1.807, 2.05) is 6.92 Å². The molecule has 0 radical (unpaired) electrons. The molecule has 2 atom stereocenters. The van der Waals surface area contributed by atoms with Crippen LogP contribution in [0.15, 0.2) is 12.3 Å². The summed E-state index contributed by atoms with van der Waals surface area (Å²) in [6, 6.07) is 0.646. The Hall–Kier alpha value is -1.56. The van der Waals surface area contributed by atoms with Crippen molar-refractivity contribution in [1.29, 1.82) is 0 Å². The van der Waals surface area contributed by atoms with Gasteiger partial charge in [0.2, 0.25) is 0 Å². The Kier molecular flexibility index (Phi) is 3.01. The number of hydrogen-bond donors (Lipinski definition) is 1. The van der Waals surface area contributed by atoms with Gasteiger partial charge in [-0.05, 0) is 18.8 Å². The Labute approximate surface area is 115 Å². The van der Waals surface area contributed by atoms with Crippen LogP contribution in [-0.4, -0.2) is 39.6 Å². The van der Waals surface area contributed by atoms with Gasteiger partial charge in [0.1, 0.15) is 5.82 Å². The molecule has 4 nitrogen and oxygen atoms in total. The SMILES string of the molecule is C[C@H]1CN(C(=O)c2ncc(F)cc2F)C[C@]1(O)C1CC1. The van der Waals surface area contributed by atoms with E-state index in [0.717, 1.165) is 19.0 Å². The molecule has 1 aromatic rings. The van der Waals surface area contributed by atoms with Crippen LogP contribution in [0.25, 0.3) is 0 Å². The number of carbonyl (C=O) groups excluding carboxylic acids is 1. The van der Waals surface area contributed by atoms with Crippen LogP contribution in [0.3, 0.4) is 0 Å². The second-order valence-electron chi connectivity index (χ2n) is 5.84. The number of amides is 1. The van der Waals surface area contributed by atoms with Gasteiger partial charge in [0, 0.05) is 18.5 Å². The van der Waals surface area contributed by atoms with Crippen LogP contribution in [0.2, 0.25) is 0 Å². The van der Waals surface area contributed by atoms with E-state index in [1.165, 1.54) is 4.90 Å². The summed E-state index contributed by atoms with van der Waals surface area (Å²) in [7, 11) is 0. The minimum Gasteiger partial charge on any atom is -0.387 e. The highest BCUT2D eigenvalue weighted by atomic mass is 19.1. The van der Waals surface area contributed by atoms with Gasteiger partial charge in [-0.15, -0.1) is 0 Å². The maximum Gasteiger partial charge on any atom is 0.275 e. The third kappa shape index (κ3) is 2.08. The molecule has 1 saturated heterocycles. The second-order valence-corrected chi connectivity index (χ2v) is 5.84. The van der Waals surface area contributed by atoms with E-state index in [-0.39, 0.29) is 18.4 Å². The summed E-state index contributed by atoms with van der Waals surface area (Å²) in [5.41, 5.74) is -1.27. The Morgan fingerprint density at radius 2 is 2.20 bits per heavy atom. The molecule has 2 fully saturated rings. The van der Waals surface area contributed by atoms with Crippen molar-refractivity contribution in [2.24, 2.45) is 11.8 Å². The molecule has 1 amide bonds. The van der Waals surface area contributed by atoms with Gasteiger partial charge in [0.25, 0.3) is 5.91 Å². The number of nitrogens with zero attached hydrogens (tertiary/aromatic N) is 2. The highest BCUT2D eigenvalue weighted by Gasteiger charge is 2.53. The molecule has 108 valence electrons. The number of hydrogen-bond acceptors (Lipinski definition) is 3. The summed E-state index contributed by atoms with van der Waals surface area (Å²) >= 11 is 0. The molecule has 1 saturated carbocycles. The molecular formula is C14H16F2N2O2. The lowest BCUT2D eigenvalue weighted by atomic mass is 9.88. The molecule has 2 heterocycles. The summed E-state index contributed by atoms with van der Waals surface area (Å²) in [4.78, 5) is 17.2. The van der Waals surface area contributed by atoms with Gasteiger partial charge in [-0.2, -0.15) is 0 Å². The van der Waals surface area contributed by atoms with Crippen molar-refractivity contribution < 1.29 is 18.7 Å². The monoisotopic (exact) mass is 282 g/mol. The van der Waals surface area contributed by atoms with Crippen LogP contribution >= 0.6 is 0 Å². The number of carbonyl (C=O) groups is 1. The first-order valence-electron chi connectivity index (χ1n) is 6.74. The van der Waals surface area contributed by atoms with E-state index in [4.69, 9.17) is 0 Å². The van der Waals surface area contributed by atoms with Crippen molar-refractivity contribution in [2.75, 3.05) is 13.1 Å². The van der Waals surface area contributed by atoms with E-state index in [2.05, 4.69) is 4.98 Å². The summed E-state index contributed by atoms with van der Waals surface area (Å²) < 4.78 is 26.4. The molecule has 1 N–H and O–H groups in total. The number of aliphatic hydroxyl groups is 1. The molecule has 20 heavy (non-hydrogen) atoms. The molecular weight excluding hydrogens is 266 g/mol. The highest BCUT2D eigenvalue weighted by molar-refractivity contribution is 5.92. The lowest BCUT2D eigenvalue weighted by Gasteiger charge is -2.26. The molecule has 0 spiro atoms. The van der Waals surface area contributed by atoms with Crippen molar-refractivity contribution in [1.82, 2.24) is 9.88 Å². The summed E-state index contributed by atoms with van der Waals surface area (Å²) in [6.45, 7) is 2.44. The molecule has 0 aromatic carbocycles.